The van der Waals surface area contributed by atoms with Gasteiger partial charge in [-0.05, 0) is 43.4 Å². The van der Waals surface area contributed by atoms with Crippen molar-refractivity contribution in [1.29, 1.82) is 0 Å². The summed E-state index contributed by atoms with van der Waals surface area (Å²) in [7, 11) is 1.45. The Balaban J connectivity index is 1.82. The van der Waals surface area contributed by atoms with Crippen molar-refractivity contribution in [2.45, 2.75) is 27.2 Å². The van der Waals surface area contributed by atoms with Gasteiger partial charge < -0.3 is 19.1 Å². The third-order valence-electron chi connectivity index (χ3n) is 4.49. The van der Waals surface area contributed by atoms with Gasteiger partial charge in [0.2, 0.25) is 0 Å². The molecule has 0 saturated carbocycles. The van der Waals surface area contributed by atoms with Crippen LogP contribution in [0.1, 0.15) is 37.6 Å². The molecule has 0 aliphatic carbocycles. The van der Waals surface area contributed by atoms with Gasteiger partial charge in [0.05, 0.1) is 7.11 Å². The minimum atomic E-state index is -0.640. The molecule has 2 rings (SSSR count). The number of likely N-dealkylation sites (tertiary alicyclic amines) is 1. The first kappa shape index (κ1) is 20.7. The zero-order chi connectivity index (χ0) is 20.0. The van der Waals surface area contributed by atoms with Gasteiger partial charge in [0.15, 0.2) is 30.5 Å². The van der Waals surface area contributed by atoms with E-state index in [4.69, 9.17) is 14.2 Å². The number of esters is 1. The lowest BCUT2D eigenvalue weighted by Gasteiger charge is -2.34. The molecule has 7 nitrogen and oxygen atoms in total. The van der Waals surface area contributed by atoms with Crippen molar-refractivity contribution in [3.8, 4) is 11.5 Å². The summed E-state index contributed by atoms with van der Waals surface area (Å²) in [5.74, 6) is 0.639. The first-order valence-electron chi connectivity index (χ1n) is 9.05. The fourth-order valence-corrected chi connectivity index (χ4v) is 3.28. The van der Waals surface area contributed by atoms with E-state index >= 15 is 0 Å². The van der Waals surface area contributed by atoms with Crippen LogP contribution < -0.4 is 9.47 Å². The second kappa shape index (κ2) is 9.39. The molecule has 0 bridgehead atoms. The molecular weight excluding hydrogens is 350 g/mol. The fraction of sp³-hybridized carbons (Fsp3) is 0.550. The van der Waals surface area contributed by atoms with Crippen molar-refractivity contribution in [1.82, 2.24) is 4.90 Å². The topological polar surface area (TPSA) is 82.1 Å². The molecule has 0 spiro atoms. The molecule has 7 heteroatoms. The maximum absolute atomic E-state index is 12.2. The third kappa shape index (κ3) is 5.98. The molecule has 1 aliphatic rings. The number of carbonyl (C=O) groups excluding carboxylic acids is 3. The van der Waals surface area contributed by atoms with Crippen LogP contribution in [0.4, 0.5) is 0 Å². The van der Waals surface area contributed by atoms with Gasteiger partial charge in [-0.1, -0.05) is 13.8 Å². The van der Waals surface area contributed by atoms with Crippen molar-refractivity contribution in [2.24, 2.45) is 11.8 Å². The number of carbonyl (C=O) groups is 3. The SMILES string of the molecule is COc1cc(C(C)=O)ccc1OCC(=O)OCC(=O)N1C[C@H](C)C[C@@H](C)C1. The first-order valence-corrected chi connectivity index (χ1v) is 9.05. The molecule has 1 aromatic carbocycles. The summed E-state index contributed by atoms with van der Waals surface area (Å²) in [6.07, 6.45) is 1.10. The molecule has 1 amide bonds. The van der Waals surface area contributed by atoms with Crippen LogP contribution in [0.3, 0.4) is 0 Å². The number of nitrogens with zero attached hydrogens (tertiary/aromatic N) is 1. The molecule has 2 atom stereocenters. The predicted octanol–water partition coefficient (Wildman–Crippen LogP) is 2.32. The number of rotatable bonds is 7. The van der Waals surface area contributed by atoms with Crippen molar-refractivity contribution in [3.63, 3.8) is 0 Å². The number of ketones is 1. The van der Waals surface area contributed by atoms with E-state index in [1.165, 1.54) is 14.0 Å². The Bertz CT molecular complexity index is 692. The van der Waals surface area contributed by atoms with Gasteiger partial charge in [0, 0.05) is 18.7 Å². The molecule has 1 aliphatic heterocycles. The zero-order valence-electron chi connectivity index (χ0n) is 16.3. The Kier molecular flexibility index (Phi) is 7.21. The third-order valence-corrected chi connectivity index (χ3v) is 4.49. The Morgan fingerprint density at radius 2 is 1.74 bits per heavy atom. The summed E-state index contributed by atoms with van der Waals surface area (Å²) >= 11 is 0. The van der Waals surface area contributed by atoms with Crippen molar-refractivity contribution >= 4 is 17.7 Å². The Morgan fingerprint density at radius 3 is 2.33 bits per heavy atom. The molecular formula is C20H27NO6. The number of piperidine rings is 1. The number of hydrogen-bond acceptors (Lipinski definition) is 6. The lowest BCUT2D eigenvalue weighted by atomic mass is 9.92. The largest absolute Gasteiger partial charge is 0.493 e. The second-order valence-electron chi connectivity index (χ2n) is 7.12. The van der Waals surface area contributed by atoms with Gasteiger partial charge in [-0.3, -0.25) is 9.59 Å². The van der Waals surface area contributed by atoms with E-state index < -0.39 is 5.97 Å². The van der Waals surface area contributed by atoms with E-state index in [2.05, 4.69) is 13.8 Å². The Hall–Kier alpha value is -2.57. The summed E-state index contributed by atoms with van der Waals surface area (Å²) in [4.78, 5) is 37.3. The molecule has 1 fully saturated rings. The van der Waals surface area contributed by atoms with E-state index in [0.717, 1.165) is 6.42 Å². The average Bonchev–Trinajstić information content (AvgIpc) is 2.63. The summed E-state index contributed by atoms with van der Waals surface area (Å²) in [6, 6.07) is 4.70. The van der Waals surface area contributed by atoms with Crippen LogP contribution in [-0.4, -0.2) is 56.0 Å². The van der Waals surface area contributed by atoms with Crippen LogP contribution in [-0.2, 0) is 14.3 Å². The monoisotopic (exact) mass is 377 g/mol. The number of ether oxygens (including phenoxy) is 3. The fourth-order valence-electron chi connectivity index (χ4n) is 3.28. The highest BCUT2D eigenvalue weighted by molar-refractivity contribution is 5.94. The lowest BCUT2D eigenvalue weighted by molar-refractivity contribution is -0.154. The number of Topliss-reactive ketones (excluding diaryl/α,β-unsaturated/α-hetero) is 1. The number of methoxy groups -OCH3 is 1. The molecule has 0 radical (unpaired) electrons. The number of hydrogen-bond donors (Lipinski definition) is 0. The Morgan fingerprint density at radius 1 is 1.07 bits per heavy atom. The van der Waals surface area contributed by atoms with E-state index in [-0.39, 0.29) is 24.9 Å². The minimum Gasteiger partial charge on any atom is -0.493 e. The Labute approximate surface area is 159 Å². The van der Waals surface area contributed by atoms with Gasteiger partial charge in [-0.2, -0.15) is 0 Å². The van der Waals surface area contributed by atoms with Gasteiger partial charge >= 0.3 is 5.97 Å². The highest BCUT2D eigenvalue weighted by atomic mass is 16.6. The molecule has 148 valence electrons. The maximum Gasteiger partial charge on any atom is 0.344 e. The van der Waals surface area contributed by atoms with Crippen molar-refractivity contribution in [2.75, 3.05) is 33.4 Å². The van der Waals surface area contributed by atoms with Gasteiger partial charge in [0.25, 0.3) is 5.91 Å². The number of amides is 1. The van der Waals surface area contributed by atoms with Gasteiger partial charge in [-0.25, -0.2) is 4.79 Å². The van der Waals surface area contributed by atoms with Crippen molar-refractivity contribution < 1.29 is 28.6 Å². The second-order valence-corrected chi connectivity index (χ2v) is 7.12. The summed E-state index contributed by atoms with van der Waals surface area (Å²) in [5, 5.41) is 0. The molecule has 0 N–H and O–H groups in total. The van der Waals surface area contributed by atoms with E-state index in [9.17, 15) is 14.4 Å². The normalized spacial score (nSPS) is 19.3. The molecule has 1 aromatic rings. The highest BCUT2D eigenvalue weighted by Crippen LogP contribution is 2.28. The molecule has 0 unspecified atom stereocenters. The quantitative estimate of drug-likeness (QED) is 0.536. The summed E-state index contributed by atoms with van der Waals surface area (Å²) in [6.45, 7) is 6.42. The van der Waals surface area contributed by atoms with Crippen LogP contribution >= 0.6 is 0 Å². The van der Waals surface area contributed by atoms with Crippen LogP contribution in [0, 0.1) is 11.8 Å². The standard InChI is InChI=1S/C20H27NO6/c1-13-7-14(2)10-21(9-13)19(23)11-27-20(24)12-26-17-6-5-16(15(3)22)8-18(17)25-4/h5-6,8,13-14H,7,9-12H2,1-4H3/t13-,14-/m1/s1. The van der Waals surface area contributed by atoms with Gasteiger partial charge in [-0.15, -0.1) is 0 Å². The zero-order valence-corrected chi connectivity index (χ0v) is 16.3. The van der Waals surface area contributed by atoms with E-state index in [0.29, 0.717) is 42.0 Å². The van der Waals surface area contributed by atoms with Crippen LogP contribution in [0.5, 0.6) is 11.5 Å². The number of benzene rings is 1. The molecule has 1 saturated heterocycles. The smallest absolute Gasteiger partial charge is 0.344 e. The van der Waals surface area contributed by atoms with Crippen LogP contribution in [0.25, 0.3) is 0 Å². The maximum atomic E-state index is 12.2. The van der Waals surface area contributed by atoms with Crippen LogP contribution in [0.15, 0.2) is 18.2 Å². The molecule has 0 aromatic heterocycles. The summed E-state index contributed by atoms with van der Waals surface area (Å²) < 4.78 is 15.6. The van der Waals surface area contributed by atoms with Crippen molar-refractivity contribution in [3.05, 3.63) is 23.8 Å². The molecule has 27 heavy (non-hydrogen) atoms. The predicted molar refractivity (Wildman–Crippen MR) is 99.0 cm³/mol. The lowest BCUT2D eigenvalue weighted by Crippen LogP contribution is -2.44. The van der Waals surface area contributed by atoms with E-state index in [1.807, 2.05) is 0 Å². The van der Waals surface area contributed by atoms with Gasteiger partial charge in [0.1, 0.15) is 0 Å². The van der Waals surface area contributed by atoms with E-state index in [1.54, 1.807) is 23.1 Å². The first-order chi connectivity index (χ1) is 12.8. The van der Waals surface area contributed by atoms with Crippen LogP contribution in [0.2, 0.25) is 0 Å². The molecule has 1 heterocycles. The highest BCUT2D eigenvalue weighted by Gasteiger charge is 2.26. The average molecular weight is 377 g/mol. The minimum absolute atomic E-state index is 0.0980. The summed E-state index contributed by atoms with van der Waals surface area (Å²) in [5.41, 5.74) is 0.484.